The highest BCUT2D eigenvalue weighted by Crippen LogP contribution is 2.26. The smallest absolute Gasteiger partial charge is 0.269 e. The maximum Gasteiger partial charge on any atom is 0.269 e. The van der Waals surface area contributed by atoms with E-state index >= 15 is 0 Å². The minimum Gasteiger partial charge on any atom is -0.376 e. The Morgan fingerprint density at radius 1 is 1.36 bits per heavy atom. The first-order chi connectivity index (χ1) is 13.5. The summed E-state index contributed by atoms with van der Waals surface area (Å²) in [5.41, 5.74) is 1.73. The van der Waals surface area contributed by atoms with Gasteiger partial charge in [0, 0.05) is 50.6 Å². The number of amides is 1. The highest BCUT2D eigenvalue weighted by Gasteiger charge is 2.26. The Balaban J connectivity index is 1.86. The average molecular weight is 386 g/mol. The summed E-state index contributed by atoms with van der Waals surface area (Å²) in [4.78, 5) is 25.6. The molecular formula is C20H26N4O4. The molecule has 1 amide bonds. The summed E-state index contributed by atoms with van der Waals surface area (Å²) in [6.45, 7) is 4.01. The summed E-state index contributed by atoms with van der Waals surface area (Å²) in [6, 6.07) is 6.12. The molecule has 3 rings (SSSR count). The molecule has 1 saturated heterocycles. The fraction of sp³-hybridized carbons (Fsp3) is 0.500. The fourth-order valence-corrected chi connectivity index (χ4v) is 3.51. The molecule has 0 unspecified atom stereocenters. The Morgan fingerprint density at radius 2 is 2.11 bits per heavy atom. The van der Waals surface area contributed by atoms with Gasteiger partial charge < -0.3 is 9.64 Å². The zero-order valence-corrected chi connectivity index (χ0v) is 16.3. The summed E-state index contributed by atoms with van der Waals surface area (Å²) in [6.07, 6.45) is 5.80. The quantitative estimate of drug-likeness (QED) is 0.537. The van der Waals surface area contributed by atoms with Gasteiger partial charge in [0.25, 0.3) is 11.6 Å². The molecule has 2 heterocycles. The van der Waals surface area contributed by atoms with Crippen molar-refractivity contribution >= 4 is 11.6 Å². The molecule has 150 valence electrons. The fourth-order valence-electron chi connectivity index (χ4n) is 3.51. The van der Waals surface area contributed by atoms with E-state index in [9.17, 15) is 14.9 Å². The monoisotopic (exact) mass is 386 g/mol. The Kier molecular flexibility index (Phi) is 6.41. The first kappa shape index (κ1) is 20.0. The summed E-state index contributed by atoms with van der Waals surface area (Å²) < 4.78 is 7.42. The van der Waals surface area contributed by atoms with Crippen molar-refractivity contribution in [1.82, 2.24) is 14.7 Å². The van der Waals surface area contributed by atoms with Gasteiger partial charge in [-0.3, -0.25) is 19.6 Å². The van der Waals surface area contributed by atoms with E-state index in [1.54, 1.807) is 30.1 Å². The van der Waals surface area contributed by atoms with Crippen molar-refractivity contribution < 1.29 is 14.5 Å². The third-order valence-corrected chi connectivity index (χ3v) is 4.89. The van der Waals surface area contributed by atoms with Crippen LogP contribution in [-0.4, -0.2) is 51.3 Å². The lowest BCUT2D eigenvalue weighted by molar-refractivity contribution is -0.384. The Morgan fingerprint density at radius 3 is 2.71 bits per heavy atom. The highest BCUT2D eigenvalue weighted by atomic mass is 16.6. The zero-order valence-electron chi connectivity index (χ0n) is 16.3. The molecule has 0 radical (unpaired) electrons. The molecule has 1 aromatic heterocycles. The van der Waals surface area contributed by atoms with Crippen molar-refractivity contribution in [2.24, 2.45) is 7.05 Å². The van der Waals surface area contributed by atoms with Gasteiger partial charge in [-0.1, -0.05) is 6.92 Å². The lowest BCUT2D eigenvalue weighted by Gasteiger charge is -2.29. The predicted octanol–water partition coefficient (Wildman–Crippen LogP) is 3.42. The Bertz CT molecular complexity index is 825. The summed E-state index contributed by atoms with van der Waals surface area (Å²) >= 11 is 0. The number of hydrogen-bond acceptors (Lipinski definition) is 5. The van der Waals surface area contributed by atoms with Crippen molar-refractivity contribution in [3.8, 4) is 11.3 Å². The molecule has 2 aromatic rings. The van der Waals surface area contributed by atoms with E-state index in [0.717, 1.165) is 32.3 Å². The summed E-state index contributed by atoms with van der Waals surface area (Å²) in [5, 5.41) is 15.3. The van der Waals surface area contributed by atoms with Crippen molar-refractivity contribution in [1.29, 1.82) is 0 Å². The van der Waals surface area contributed by atoms with Gasteiger partial charge in [0.05, 0.1) is 16.6 Å². The highest BCUT2D eigenvalue weighted by molar-refractivity contribution is 5.99. The minimum absolute atomic E-state index is 0.00890. The average Bonchev–Trinajstić information content (AvgIpc) is 3.09. The number of benzene rings is 1. The van der Waals surface area contributed by atoms with E-state index in [1.165, 1.54) is 12.1 Å². The molecule has 8 heteroatoms. The van der Waals surface area contributed by atoms with Crippen molar-refractivity contribution in [2.75, 3.05) is 19.7 Å². The van der Waals surface area contributed by atoms with Crippen LogP contribution in [0.1, 0.15) is 43.0 Å². The van der Waals surface area contributed by atoms with Crippen LogP contribution in [0.2, 0.25) is 0 Å². The maximum absolute atomic E-state index is 13.3. The molecule has 0 aliphatic carbocycles. The van der Waals surface area contributed by atoms with E-state index in [2.05, 4.69) is 5.10 Å². The summed E-state index contributed by atoms with van der Waals surface area (Å²) in [5.74, 6) is -0.0857. The van der Waals surface area contributed by atoms with Gasteiger partial charge in [-0.05, 0) is 37.8 Å². The number of aromatic nitrogens is 2. The standard InChI is InChI=1S/C20H26N4O4/c1-3-11-23(13-17-6-4-5-12-28-17)20(25)18-14-22(2)21-19(18)15-7-9-16(10-8-15)24(26)27/h7-10,14,17H,3-6,11-13H2,1-2H3/t17-/m0/s1. The van der Waals surface area contributed by atoms with E-state index in [4.69, 9.17) is 4.74 Å². The van der Waals surface area contributed by atoms with Gasteiger partial charge in [-0.15, -0.1) is 0 Å². The Labute approximate surface area is 164 Å². The second-order valence-corrected chi connectivity index (χ2v) is 7.11. The molecule has 8 nitrogen and oxygen atoms in total. The number of non-ortho nitro benzene ring substituents is 1. The SMILES string of the molecule is CCCN(C[C@@H]1CCCCO1)C(=O)c1cn(C)nc1-c1ccc([N+](=O)[O-])cc1. The van der Waals surface area contributed by atoms with Gasteiger partial charge in [-0.25, -0.2) is 0 Å². The van der Waals surface area contributed by atoms with Crippen LogP contribution in [0.25, 0.3) is 11.3 Å². The lowest BCUT2D eigenvalue weighted by atomic mass is 10.1. The largest absolute Gasteiger partial charge is 0.376 e. The molecule has 0 N–H and O–H groups in total. The molecular weight excluding hydrogens is 360 g/mol. The second-order valence-electron chi connectivity index (χ2n) is 7.11. The number of ether oxygens (including phenoxy) is 1. The number of aryl methyl sites for hydroxylation is 1. The maximum atomic E-state index is 13.3. The topological polar surface area (TPSA) is 90.5 Å². The first-order valence-electron chi connectivity index (χ1n) is 9.69. The van der Waals surface area contributed by atoms with Crippen molar-refractivity contribution in [3.63, 3.8) is 0 Å². The van der Waals surface area contributed by atoms with Crippen LogP contribution in [0.3, 0.4) is 0 Å². The number of carbonyl (C=O) groups excluding carboxylic acids is 1. The normalized spacial score (nSPS) is 16.7. The molecule has 0 bridgehead atoms. The third-order valence-electron chi connectivity index (χ3n) is 4.89. The molecule has 0 saturated carbocycles. The molecule has 1 aliphatic heterocycles. The van der Waals surface area contributed by atoms with Crippen LogP contribution in [0, 0.1) is 10.1 Å². The summed E-state index contributed by atoms with van der Waals surface area (Å²) in [7, 11) is 1.76. The minimum atomic E-state index is -0.443. The number of rotatable bonds is 7. The van der Waals surface area contributed by atoms with E-state index < -0.39 is 4.92 Å². The number of nitro groups is 1. The van der Waals surface area contributed by atoms with Crippen LogP contribution < -0.4 is 0 Å². The number of hydrogen-bond donors (Lipinski definition) is 0. The van der Waals surface area contributed by atoms with Crippen LogP contribution in [0.5, 0.6) is 0 Å². The molecule has 28 heavy (non-hydrogen) atoms. The van der Waals surface area contributed by atoms with Crippen LogP contribution in [-0.2, 0) is 11.8 Å². The van der Waals surface area contributed by atoms with E-state index in [1.807, 2.05) is 11.8 Å². The van der Waals surface area contributed by atoms with Crippen LogP contribution in [0.15, 0.2) is 30.5 Å². The van der Waals surface area contributed by atoms with Gasteiger partial charge in [0.1, 0.15) is 5.69 Å². The number of nitro benzene ring substituents is 1. The van der Waals surface area contributed by atoms with E-state index in [-0.39, 0.29) is 17.7 Å². The number of carbonyl (C=O) groups is 1. The molecule has 1 aliphatic rings. The van der Waals surface area contributed by atoms with Gasteiger partial charge in [-0.2, -0.15) is 5.10 Å². The predicted molar refractivity (Wildman–Crippen MR) is 105 cm³/mol. The number of nitrogens with zero attached hydrogens (tertiary/aromatic N) is 4. The van der Waals surface area contributed by atoms with Crippen molar-refractivity contribution in [2.45, 2.75) is 38.7 Å². The molecule has 1 aromatic carbocycles. The van der Waals surface area contributed by atoms with Gasteiger partial charge in [0.2, 0.25) is 0 Å². The van der Waals surface area contributed by atoms with Crippen LogP contribution in [0.4, 0.5) is 5.69 Å². The molecule has 1 atom stereocenters. The van der Waals surface area contributed by atoms with Gasteiger partial charge >= 0.3 is 0 Å². The Hall–Kier alpha value is -2.74. The second kappa shape index (κ2) is 8.97. The van der Waals surface area contributed by atoms with E-state index in [0.29, 0.717) is 29.9 Å². The van der Waals surface area contributed by atoms with Crippen molar-refractivity contribution in [3.05, 3.63) is 46.1 Å². The lowest BCUT2D eigenvalue weighted by Crippen LogP contribution is -2.40. The van der Waals surface area contributed by atoms with Crippen LogP contribution >= 0.6 is 0 Å². The third kappa shape index (κ3) is 4.56. The molecule has 0 spiro atoms. The first-order valence-corrected chi connectivity index (χ1v) is 9.69. The van der Waals surface area contributed by atoms with Gasteiger partial charge in [0.15, 0.2) is 0 Å². The molecule has 1 fully saturated rings. The zero-order chi connectivity index (χ0) is 20.1.